The summed E-state index contributed by atoms with van der Waals surface area (Å²) in [6.07, 6.45) is 3.35. The van der Waals surface area contributed by atoms with Gasteiger partial charge in [-0.3, -0.25) is 4.79 Å². The van der Waals surface area contributed by atoms with Crippen molar-refractivity contribution >= 4 is 14.1 Å². The number of hydrogen-bond acceptors (Lipinski definition) is 3. The Labute approximate surface area is 136 Å². The second-order valence-electron chi connectivity index (χ2n) is 8.56. The van der Waals surface area contributed by atoms with Crippen LogP contribution >= 0.6 is 0 Å². The minimum Gasteiger partial charge on any atom is -0.407 e. The molecule has 0 fully saturated rings. The number of hydrogen-bond donors (Lipinski definition) is 0. The zero-order valence-electron chi connectivity index (χ0n) is 15.4. The molecule has 0 bridgehead atoms. The van der Waals surface area contributed by atoms with Gasteiger partial charge in [0, 0.05) is 0 Å². The third-order valence-corrected chi connectivity index (χ3v) is 8.79. The molecule has 3 nitrogen and oxygen atoms in total. The number of rotatable bonds is 5. The van der Waals surface area contributed by atoms with Crippen molar-refractivity contribution in [2.24, 2.45) is 0 Å². The SMILES string of the molecule is C=CCC1=CC(=O)[C@H](OC(C)(C)C)[C@H]1O[Si](C)(C)C(C)(C)C. The zero-order chi connectivity index (χ0) is 17.3. The van der Waals surface area contributed by atoms with Crippen molar-refractivity contribution in [1.29, 1.82) is 0 Å². The Kier molecular flexibility index (Phi) is 5.64. The minimum absolute atomic E-state index is 0.00971. The fourth-order valence-corrected chi connectivity index (χ4v) is 3.43. The molecule has 1 rings (SSSR count). The van der Waals surface area contributed by atoms with Crippen LogP contribution in [0, 0.1) is 0 Å². The summed E-state index contributed by atoms with van der Waals surface area (Å²) < 4.78 is 12.6. The summed E-state index contributed by atoms with van der Waals surface area (Å²) in [6, 6.07) is 0. The lowest BCUT2D eigenvalue weighted by molar-refractivity contribution is -0.141. The van der Waals surface area contributed by atoms with E-state index in [4.69, 9.17) is 9.16 Å². The third kappa shape index (κ3) is 4.64. The average Bonchev–Trinajstić information content (AvgIpc) is 2.54. The predicted molar refractivity (Wildman–Crippen MR) is 94.6 cm³/mol. The summed E-state index contributed by atoms with van der Waals surface area (Å²) >= 11 is 0. The van der Waals surface area contributed by atoms with Crippen LogP contribution in [-0.2, 0) is 14.0 Å². The first-order valence-electron chi connectivity index (χ1n) is 7.99. The van der Waals surface area contributed by atoms with E-state index in [0.717, 1.165) is 5.57 Å². The Morgan fingerprint density at radius 3 is 2.14 bits per heavy atom. The summed E-state index contributed by atoms with van der Waals surface area (Å²) in [6.45, 7) is 20.7. The first-order chi connectivity index (χ1) is 9.78. The van der Waals surface area contributed by atoms with E-state index in [1.54, 1.807) is 6.08 Å². The zero-order valence-corrected chi connectivity index (χ0v) is 16.4. The fraction of sp³-hybridized carbons (Fsp3) is 0.722. The summed E-state index contributed by atoms with van der Waals surface area (Å²) in [5.41, 5.74) is 0.603. The van der Waals surface area contributed by atoms with Crippen LogP contribution in [0.2, 0.25) is 18.1 Å². The van der Waals surface area contributed by atoms with Crippen LogP contribution in [0.15, 0.2) is 24.3 Å². The molecule has 0 saturated heterocycles. The first-order valence-corrected chi connectivity index (χ1v) is 10.9. The Morgan fingerprint density at radius 2 is 1.73 bits per heavy atom. The molecule has 0 aromatic carbocycles. The molecule has 1 aliphatic carbocycles. The molecule has 1 aliphatic rings. The van der Waals surface area contributed by atoms with Crippen LogP contribution in [0.5, 0.6) is 0 Å². The van der Waals surface area contributed by atoms with E-state index in [1.165, 1.54) is 0 Å². The summed E-state index contributed by atoms with van der Waals surface area (Å²) in [5.74, 6) is 0.00971. The first kappa shape index (κ1) is 19.3. The van der Waals surface area contributed by atoms with Crippen LogP contribution in [0.1, 0.15) is 48.0 Å². The molecule has 0 heterocycles. The van der Waals surface area contributed by atoms with Crippen LogP contribution in [0.25, 0.3) is 0 Å². The highest BCUT2D eigenvalue weighted by Gasteiger charge is 2.46. The molecule has 4 heteroatoms. The van der Waals surface area contributed by atoms with Crippen molar-refractivity contribution in [1.82, 2.24) is 0 Å². The van der Waals surface area contributed by atoms with Crippen molar-refractivity contribution in [2.45, 2.75) is 83.9 Å². The molecule has 0 aromatic heterocycles. The number of ether oxygens (including phenoxy) is 1. The molecule has 0 unspecified atom stereocenters. The highest BCUT2D eigenvalue weighted by Crippen LogP contribution is 2.40. The number of allylic oxidation sites excluding steroid dienone is 1. The molecule has 0 aromatic rings. The van der Waals surface area contributed by atoms with Crippen LogP contribution in [0.4, 0.5) is 0 Å². The second kappa shape index (κ2) is 6.42. The minimum atomic E-state index is -1.99. The van der Waals surface area contributed by atoms with Crippen molar-refractivity contribution in [3.8, 4) is 0 Å². The summed E-state index contributed by atoms with van der Waals surface area (Å²) in [5, 5.41) is 0.0875. The topological polar surface area (TPSA) is 35.5 Å². The molecule has 0 N–H and O–H groups in total. The molecular weight excluding hydrogens is 292 g/mol. The number of ketones is 1. The third-order valence-electron chi connectivity index (χ3n) is 4.34. The maximum Gasteiger partial charge on any atom is 0.193 e. The van der Waals surface area contributed by atoms with E-state index in [9.17, 15) is 4.79 Å². The van der Waals surface area contributed by atoms with Crippen LogP contribution in [-0.4, -0.2) is 31.9 Å². The van der Waals surface area contributed by atoms with Gasteiger partial charge in [0.25, 0.3) is 0 Å². The normalized spacial score (nSPS) is 23.6. The van der Waals surface area contributed by atoms with Crippen molar-refractivity contribution in [3.05, 3.63) is 24.3 Å². The molecule has 0 radical (unpaired) electrons. The maximum atomic E-state index is 12.4. The molecule has 2 atom stereocenters. The average molecular weight is 325 g/mol. The molecule has 126 valence electrons. The molecule has 0 spiro atoms. The maximum absolute atomic E-state index is 12.4. The van der Waals surface area contributed by atoms with Gasteiger partial charge < -0.3 is 9.16 Å². The van der Waals surface area contributed by atoms with Crippen molar-refractivity contribution < 1.29 is 14.0 Å². The Hall–Kier alpha value is -0.713. The lowest BCUT2D eigenvalue weighted by atomic mass is 10.1. The Morgan fingerprint density at radius 1 is 1.18 bits per heavy atom. The fourth-order valence-electron chi connectivity index (χ4n) is 2.16. The highest BCUT2D eigenvalue weighted by molar-refractivity contribution is 6.74. The molecule has 0 amide bonds. The smallest absolute Gasteiger partial charge is 0.193 e. The molecule has 22 heavy (non-hydrogen) atoms. The predicted octanol–water partition coefficient (Wildman–Crippen LogP) is 4.65. The number of carbonyl (C=O) groups excluding carboxylic acids is 1. The Balaban J connectivity index is 3.08. The molecule has 0 saturated carbocycles. The quantitative estimate of drug-likeness (QED) is 0.545. The molecular formula is C18H32O3Si. The second-order valence-corrected chi connectivity index (χ2v) is 13.3. The van der Waals surface area contributed by atoms with E-state index in [2.05, 4.69) is 40.4 Å². The van der Waals surface area contributed by atoms with Gasteiger partial charge in [0.2, 0.25) is 0 Å². The van der Waals surface area contributed by atoms with E-state index in [0.29, 0.717) is 6.42 Å². The van der Waals surface area contributed by atoms with Gasteiger partial charge in [-0.15, -0.1) is 6.58 Å². The Bertz CT molecular complexity index is 464. The van der Waals surface area contributed by atoms with E-state index >= 15 is 0 Å². The van der Waals surface area contributed by atoms with Gasteiger partial charge in [-0.05, 0) is 57.0 Å². The van der Waals surface area contributed by atoms with E-state index < -0.39 is 14.4 Å². The van der Waals surface area contributed by atoms with Gasteiger partial charge >= 0.3 is 0 Å². The van der Waals surface area contributed by atoms with Gasteiger partial charge in [-0.2, -0.15) is 0 Å². The van der Waals surface area contributed by atoms with Gasteiger partial charge in [0.15, 0.2) is 14.1 Å². The lowest BCUT2D eigenvalue weighted by Crippen LogP contribution is -2.49. The van der Waals surface area contributed by atoms with E-state index in [1.807, 2.05) is 26.8 Å². The monoisotopic (exact) mass is 324 g/mol. The van der Waals surface area contributed by atoms with Gasteiger partial charge in [-0.25, -0.2) is 0 Å². The molecule has 0 aliphatic heterocycles. The standard InChI is InChI=1S/C18H32O3Si/c1-10-11-13-12-14(19)16(20-17(2,3)4)15(13)21-22(8,9)18(5,6)7/h10,12,15-16H,1,11H2,2-9H3/t15-,16-/m0/s1. The largest absolute Gasteiger partial charge is 0.407 e. The highest BCUT2D eigenvalue weighted by atomic mass is 28.4. The van der Waals surface area contributed by atoms with Gasteiger partial charge in [-0.1, -0.05) is 26.8 Å². The van der Waals surface area contributed by atoms with Crippen molar-refractivity contribution in [2.75, 3.05) is 0 Å². The van der Waals surface area contributed by atoms with Crippen LogP contribution in [0.3, 0.4) is 0 Å². The lowest BCUT2D eigenvalue weighted by Gasteiger charge is -2.41. The van der Waals surface area contributed by atoms with Crippen molar-refractivity contribution in [3.63, 3.8) is 0 Å². The summed E-state index contributed by atoms with van der Waals surface area (Å²) in [4.78, 5) is 12.4. The van der Waals surface area contributed by atoms with Gasteiger partial charge in [0.05, 0.1) is 5.60 Å². The van der Waals surface area contributed by atoms with Crippen LogP contribution < -0.4 is 0 Å². The van der Waals surface area contributed by atoms with E-state index in [-0.39, 0.29) is 22.5 Å². The van der Waals surface area contributed by atoms with Gasteiger partial charge in [0.1, 0.15) is 12.2 Å². The summed E-state index contributed by atoms with van der Waals surface area (Å²) in [7, 11) is -1.99. The number of carbonyl (C=O) groups is 1.